The molecule has 9 heteroatoms. The van der Waals surface area contributed by atoms with E-state index in [1.54, 1.807) is 35.4 Å². The molecule has 0 unspecified atom stereocenters. The minimum Gasteiger partial charge on any atom is -1.00 e. The second-order valence-electron chi connectivity index (χ2n) is 6.67. The molecule has 0 spiro atoms. The number of pyridine rings is 3. The Balaban J connectivity index is 0.00000218. The highest BCUT2D eigenvalue weighted by molar-refractivity contribution is 6.32. The molecule has 6 nitrogen and oxygen atoms in total. The summed E-state index contributed by atoms with van der Waals surface area (Å²) in [6, 6.07) is 8.50. The van der Waals surface area contributed by atoms with E-state index in [1.165, 1.54) is 6.07 Å². The van der Waals surface area contributed by atoms with Crippen LogP contribution in [0.2, 0.25) is 5.02 Å². The lowest BCUT2D eigenvalue weighted by Gasteiger charge is -2.11. The van der Waals surface area contributed by atoms with Crippen molar-refractivity contribution in [1.29, 1.82) is 0 Å². The minimum atomic E-state index is -0.420. The first-order chi connectivity index (χ1) is 14.1. The number of fused-ring (bicyclic) bond motifs is 2. The van der Waals surface area contributed by atoms with E-state index >= 15 is 0 Å². The van der Waals surface area contributed by atoms with Crippen LogP contribution in [0, 0.1) is 12.7 Å². The van der Waals surface area contributed by atoms with Gasteiger partial charge in [0, 0.05) is 29.3 Å². The fourth-order valence-electron chi connectivity index (χ4n) is 3.59. The molecular formula is C21H14Cl2FN5O. The standard InChI is InChI=1S/C21H13ClFN5O.ClH/c1-11-14(22)10-24-19-16(12-5-6-15(23)18-13(12)9-25-27-18)20(21(29)26-17(11)19)28-7-3-2-4-8-28;/h2-10H,1H3,(H-,25,26,27,29);1H. The number of nitrogens with one attached hydrogen (secondary N) is 2. The zero-order chi connectivity index (χ0) is 20.1. The Hall–Kier alpha value is -3.29. The van der Waals surface area contributed by atoms with Gasteiger partial charge in [0.1, 0.15) is 16.9 Å². The number of aromatic nitrogens is 5. The number of aryl methyl sites for hydroxylation is 1. The monoisotopic (exact) mass is 441 g/mol. The second-order valence-corrected chi connectivity index (χ2v) is 7.08. The van der Waals surface area contributed by atoms with Crippen molar-refractivity contribution in [3.8, 4) is 16.8 Å². The molecule has 0 amide bonds. The van der Waals surface area contributed by atoms with Crippen molar-refractivity contribution < 1.29 is 21.4 Å². The van der Waals surface area contributed by atoms with E-state index in [-0.39, 0.29) is 23.5 Å². The highest BCUT2D eigenvalue weighted by Crippen LogP contribution is 2.36. The third-order valence-corrected chi connectivity index (χ3v) is 5.39. The van der Waals surface area contributed by atoms with E-state index in [2.05, 4.69) is 20.2 Å². The quantitative estimate of drug-likeness (QED) is 0.398. The fraction of sp³-hybridized carbons (Fsp3) is 0.0476. The molecular weight excluding hydrogens is 428 g/mol. The van der Waals surface area contributed by atoms with Crippen LogP contribution in [0.15, 0.2) is 59.9 Å². The zero-order valence-corrected chi connectivity index (χ0v) is 17.1. The van der Waals surface area contributed by atoms with Crippen LogP contribution in [0.4, 0.5) is 4.39 Å². The van der Waals surface area contributed by atoms with Gasteiger partial charge >= 0.3 is 5.56 Å². The van der Waals surface area contributed by atoms with Crippen molar-refractivity contribution in [2.75, 3.05) is 0 Å². The number of rotatable bonds is 2. The van der Waals surface area contributed by atoms with Crippen LogP contribution in [-0.2, 0) is 0 Å². The van der Waals surface area contributed by atoms with Crippen molar-refractivity contribution in [2.45, 2.75) is 6.92 Å². The van der Waals surface area contributed by atoms with Crippen LogP contribution in [0.25, 0.3) is 38.8 Å². The summed E-state index contributed by atoms with van der Waals surface area (Å²) in [5.41, 5.74) is 3.37. The maximum Gasteiger partial charge on any atom is 0.321 e. The number of H-pyrrole nitrogens is 2. The van der Waals surface area contributed by atoms with E-state index in [1.807, 2.05) is 25.1 Å². The van der Waals surface area contributed by atoms with Crippen LogP contribution >= 0.6 is 11.6 Å². The van der Waals surface area contributed by atoms with Gasteiger partial charge in [-0.15, -0.1) is 0 Å². The summed E-state index contributed by atoms with van der Waals surface area (Å²) < 4.78 is 16.0. The van der Waals surface area contributed by atoms with E-state index in [4.69, 9.17) is 11.6 Å². The van der Waals surface area contributed by atoms with E-state index in [0.717, 1.165) is 0 Å². The molecule has 4 heterocycles. The Kier molecular flexibility index (Phi) is 5.01. The topological polar surface area (TPSA) is 78.3 Å². The van der Waals surface area contributed by atoms with Gasteiger partial charge in [-0.25, -0.2) is 4.39 Å². The Morgan fingerprint density at radius 3 is 2.63 bits per heavy atom. The zero-order valence-electron chi connectivity index (χ0n) is 15.6. The Labute approximate surface area is 180 Å². The van der Waals surface area contributed by atoms with Crippen LogP contribution in [0.3, 0.4) is 0 Å². The number of hydrogen-bond acceptors (Lipinski definition) is 3. The van der Waals surface area contributed by atoms with Gasteiger partial charge in [-0.2, -0.15) is 9.67 Å². The predicted octanol–water partition coefficient (Wildman–Crippen LogP) is 0.848. The molecule has 0 radical (unpaired) electrons. The van der Waals surface area contributed by atoms with Gasteiger partial charge in [-0.1, -0.05) is 23.7 Å². The molecule has 0 saturated carbocycles. The van der Waals surface area contributed by atoms with Crippen molar-refractivity contribution in [3.05, 3.63) is 81.9 Å². The summed E-state index contributed by atoms with van der Waals surface area (Å²) in [4.78, 5) is 20.6. The number of aromatic amines is 2. The summed E-state index contributed by atoms with van der Waals surface area (Å²) in [6.07, 6.45) is 6.65. The van der Waals surface area contributed by atoms with Gasteiger partial charge < -0.3 is 17.4 Å². The number of halogens is 3. The lowest BCUT2D eigenvalue weighted by Crippen LogP contribution is -3.00. The molecule has 5 aromatic rings. The molecule has 0 aliphatic heterocycles. The molecule has 150 valence electrons. The molecule has 1 aromatic carbocycles. The third-order valence-electron chi connectivity index (χ3n) is 5.01. The largest absolute Gasteiger partial charge is 1.00 e. The second kappa shape index (κ2) is 7.51. The molecule has 4 aromatic heterocycles. The lowest BCUT2D eigenvalue weighted by atomic mass is 9.98. The molecule has 0 aliphatic rings. The summed E-state index contributed by atoms with van der Waals surface area (Å²) in [5.74, 6) is -0.420. The highest BCUT2D eigenvalue weighted by atomic mass is 35.5. The summed E-state index contributed by atoms with van der Waals surface area (Å²) in [5, 5.41) is 7.68. The highest BCUT2D eigenvalue weighted by Gasteiger charge is 2.26. The summed E-state index contributed by atoms with van der Waals surface area (Å²) in [6.45, 7) is 1.82. The smallest absolute Gasteiger partial charge is 0.321 e. The number of nitrogens with zero attached hydrogens (tertiary/aromatic N) is 3. The molecule has 0 bridgehead atoms. The van der Waals surface area contributed by atoms with E-state index < -0.39 is 5.82 Å². The molecule has 30 heavy (non-hydrogen) atoms. The van der Waals surface area contributed by atoms with Crippen LogP contribution < -0.4 is 22.5 Å². The molecule has 5 rings (SSSR count). The van der Waals surface area contributed by atoms with Crippen LogP contribution in [0.1, 0.15) is 5.56 Å². The Morgan fingerprint density at radius 2 is 1.87 bits per heavy atom. The molecule has 0 fully saturated rings. The summed E-state index contributed by atoms with van der Waals surface area (Å²) in [7, 11) is 0. The van der Waals surface area contributed by atoms with E-state index in [0.29, 0.717) is 43.8 Å². The Morgan fingerprint density at radius 1 is 1.10 bits per heavy atom. The fourth-order valence-corrected chi connectivity index (χ4v) is 3.73. The van der Waals surface area contributed by atoms with Crippen molar-refractivity contribution in [2.24, 2.45) is 0 Å². The van der Waals surface area contributed by atoms with Gasteiger partial charge in [-0.05, 0) is 18.6 Å². The van der Waals surface area contributed by atoms with Gasteiger partial charge in [0.2, 0.25) is 0 Å². The van der Waals surface area contributed by atoms with Crippen LogP contribution in [-0.4, -0.2) is 20.2 Å². The average molecular weight is 442 g/mol. The SMILES string of the molecule is Cc1c(Cl)cnc2c(-c3ccc(F)c4[nH]ncc34)c(-[n+]3ccccc3)c(=O)[nH]c12.[Cl-]. The van der Waals surface area contributed by atoms with Crippen molar-refractivity contribution >= 4 is 33.5 Å². The van der Waals surface area contributed by atoms with Gasteiger partial charge in [0.25, 0.3) is 5.69 Å². The molecule has 0 atom stereocenters. The molecule has 2 N–H and O–H groups in total. The predicted molar refractivity (Wildman–Crippen MR) is 109 cm³/mol. The van der Waals surface area contributed by atoms with Crippen molar-refractivity contribution in [3.63, 3.8) is 0 Å². The number of benzene rings is 1. The third kappa shape index (κ3) is 2.94. The normalized spacial score (nSPS) is 11.0. The first-order valence-electron chi connectivity index (χ1n) is 8.86. The first kappa shape index (κ1) is 20.0. The van der Waals surface area contributed by atoms with Gasteiger partial charge in [-0.3, -0.25) is 14.9 Å². The summed E-state index contributed by atoms with van der Waals surface area (Å²) >= 11 is 6.24. The average Bonchev–Trinajstić information content (AvgIpc) is 3.22. The first-order valence-corrected chi connectivity index (χ1v) is 9.24. The van der Waals surface area contributed by atoms with Crippen molar-refractivity contribution in [1.82, 2.24) is 20.2 Å². The van der Waals surface area contributed by atoms with E-state index in [9.17, 15) is 9.18 Å². The number of hydrogen-bond donors (Lipinski definition) is 2. The lowest BCUT2D eigenvalue weighted by molar-refractivity contribution is -0.596. The minimum absolute atomic E-state index is 0. The maximum atomic E-state index is 14.3. The molecule has 0 saturated heterocycles. The Bertz CT molecular complexity index is 1460. The van der Waals surface area contributed by atoms with Gasteiger partial charge in [0.05, 0.1) is 22.3 Å². The van der Waals surface area contributed by atoms with Crippen LogP contribution in [0.5, 0.6) is 0 Å². The van der Waals surface area contributed by atoms with Gasteiger partial charge in [0.15, 0.2) is 12.4 Å². The maximum absolute atomic E-state index is 14.3. The molecule has 0 aliphatic carbocycles.